The zero-order valence-corrected chi connectivity index (χ0v) is 9.26. The third-order valence-electron chi connectivity index (χ3n) is 2.28. The molecule has 0 aliphatic carbocycles. The van der Waals surface area contributed by atoms with Crippen LogP contribution in [0.5, 0.6) is 0 Å². The van der Waals surface area contributed by atoms with Crippen LogP contribution >= 0.6 is 0 Å². The molecule has 0 atom stereocenters. The molecule has 86 valence electrons. The summed E-state index contributed by atoms with van der Waals surface area (Å²) in [7, 11) is 0. The van der Waals surface area contributed by atoms with Crippen molar-refractivity contribution in [2.45, 2.75) is 64.7 Å². The number of amides is 1. The number of nitrogens with two attached hydrogens (primary N) is 1. The predicted molar refractivity (Wildman–Crippen MR) is 58.9 cm³/mol. The van der Waals surface area contributed by atoms with Crippen molar-refractivity contribution in [2.24, 2.45) is 5.73 Å². The van der Waals surface area contributed by atoms with Crippen molar-refractivity contribution in [1.29, 1.82) is 0 Å². The summed E-state index contributed by atoms with van der Waals surface area (Å²) >= 11 is 0. The molecule has 0 heterocycles. The maximum Gasteiger partial charge on any atom is 0.217 e. The molecule has 0 fully saturated rings. The highest BCUT2D eigenvalue weighted by Gasteiger charge is 1.94. The van der Waals surface area contributed by atoms with Crippen molar-refractivity contribution in [3.8, 4) is 0 Å². The van der Waals surface area contributed by atoms with Gasteiger partial charge in [-0.1, -0.05) is 51.9 Å². The molecule has 0 rings (SSSR count). The minimum absolute atomic E-state index is 0. The van der Waals surface area contributed by atoms with E-state index in [-0.39, 0.29) is 10.6 Å². The maximum atomic E-state index is 10.4. The normalized spacial score (nSPS) is 9.50. The number of hydrogen-bond donors (Lipinski definition) is 1. The molecule has 0 spiro atoms. The average molecular weight is 205 g/mol. The standard InChI is InChI=1S/C11H23NO.FH/c1-2-3-4-5-6-7-8-9-10-11(12)13;/h2-10H2,1H3,(H2,12,13);1H. The van der Waals surface area contributed by atoms with Crippen LogP contribution in [0.15, 0.2) is 0 Å². The van der Waals surface area contributed by atoms with Crippen LogP contribution in [0.1, 0.15) is 64.7 Å². The molecule has 0 radical (unpaired) electrons. The van der Waals surface area contributed by atoms with Gasteiger partial charge >= 0.3 is 0 Å². The zero-order chi connectivity index (χ0) is 9.94. The lowest BCUT2D eigenvalue weighted by Gasteiger charge is -1.99. The molecule has 0 saturated heterocycles. The van der Waals surface area contributed by atoms with Gasteiger partial charge < -0.3 is 5.73 Å². The Balaban J connectivity index is 0. The van der Waals surface area contributed by atoms with Gasteiger partial charge in [-0.05, 0) is 6.42 Å². The molecule has 0 saturated carbocycles. The number of halogens is 1. The highest BCUT2D eigenvalue weighted by molar-refractivity contribution is 5.73. The van der Waals surface area contributed by atoms with Gasteiger partial charge in [0.25, 0.3) is 0 Å². The quantitative estimate of drug-likeness (QED) is 0.577. The van der Waals surface area contributed by atoms with Gasteiger partial charge in [0.15, 0.2) is 0 Å². The molecular formula is C11H24FNO. The summed E-state index contributed by atoms with van der Waals surface area (Å²) < 4.78 is 0. The van der Waals surface area contributed by atoms with Crippen LogP contribution in [-0.4, -0.2) is 5.91 Å². The molecule has 1 amide bonds. The monoisotopic (exact) mass is 205 g/mol. The first-order valence-corrected chi connectivity index (χ1v) is 5.55. The van der Waals surface area contributed by atoms with Crippen molar-refractivity contribution in [3.05, 3.63) is 0 Å². The Morgan fingerprint density at radius 3 is 1.79 bits per heavy atom. The van der Waals surface area contributed by atoms with Gasteiger partial charge in [-0.2, -0.15) is 0 Å². The largest absolute Gasteiger partial charge is 0.370 e. The second-order valence-electron chi connectivity index (χ2n) is 3.69. The van der Waals surface area contributed by atoms with E-state index in [1.54, 1.807) is 0 Å². The summed E-state index contributed by atoms with van der Waals surface area (Å²) in [5.74, 6) is -0.161. The Labute approximate surface area is 86.6 Å². The van der Waals surface area contributed by atoms with E-state index < -0.39 is 0 Å². The van der Waals surface area contributed by atoms with E-state index in [2.05, 4.69) is 6.92 Å². The van der Waals surface area contributed by atoms with Gasteiger partial charge in [0.2, 0.25) is 5.91 Å². The molecule has 0 aromatic rings. The van der Waals surface area contributed by atoms with Crippen molar-refractivity contribution in [2.75, 3.05) is 0 Å². The van der Waals surface area contributed by atoms with Crippen LogP contribution in [0, 0.1) is 0 Å². The lowest BCUT2D eigenvalue weighted by atomic mass is 10.1. The molecular weight excluding hydrogens is 181 g/mol. The smallest absolute Gasteiger partial charge is 0.217 e. The van der Waals surface area contributed by atoms with Crippen molar-refractivity contribution in [3.63, 3.8) is 0 Å². The fraction of sp³-hybridized carbons (Fsp3) is 0.909. The van der Waals surface area contributed by atoms with E-state index in [9.17, 15) is 4.79 Å². The molecule has 2 nitrogen and oxygen atoms in total. The molecule has 0 aliphatic heterocycles. The molecule has 0 aromatic carbocycles. The Hall–Kier alpha value is -0.600. The van der Waals surface area contributed by atoms with E-state index in [4.69, 9.17) is 5.73 Å². The fourth-order valence-electron chi connectivity index (χ4n) is 1.43. The Kier molecular flexibility index (Phi) is 14.0. The van der Waals surface area contributed by atoms with Crippen molar-refractivity contribution >= 4 is 5.91 Å². The van der Waals surface area contributed by atoms with Crippen LogP contribution in [0.3, 0.4) is 0 Å². The van der Waals surface area contributed by atoms with Crippen molar-refractivity contribution < 1.29 is 9.50 Å². The first kappa shape index (κ1) is 15.9. The van der Waals surface area contributed by atoms with E-state index in [1.807, 2.05) is 0 Å². The topological polar surface area (TPSA) is 43.1 Å². The molecule has 3 heteroatoms. The average Bonchev–Trinajstić information content (AvgIpc) is 2.09. The van der Waals surface area contributed by atoms with Crippen molar-refractivity contribution in [1.82, 2.24) is 0 Å². The fourth-order valence-corrected chi connectivity index (χ4v) is 1.43. The Bertz CT molecular complexity index is 128. The summed E-state index contributed by atoms with van der Waals surface area (Å²) in [6, 6.07) is 0. The number of primary amides is 1. The van der Waals surface area contributed by atoms with Crippen LogP contribution < -0.4 is 5.73 Å². The number of carbonyl (C=O) groups excluding carboxylic acids is 1. The number of unbranched alkanes of at least 4 members (excludes halogenated alkanes) is 7. The lowest BCUT2D eigenvalue weighted by Crippen LogP contribution is -2.09. The number of carbonyl (C=O) groups is 1. The highest BCUT2D eigenvalue weighted by Crippen LogP contribution is 2.08. The molecule has 0 aliphatic rings. The Morgan fingerprint density at radius 2 is 1.36 bits per heavy atom. The highest BCUT2D eigenvalue weighted by atomic mass is 19.0. The minimum Gasteiger partial charge on any atom is -0.370 e. The van der Waals surface area contributed by atoms with Gasteiger partial charge in [-0.25, -0.2) is 0 Å². The summed E-state index contributed by atoms with van der Waals surface area (Å²) in [5, 5.41) is 0. The molecule has 2 N–H and O–H groups in total. The second kappa shape index (κ2) is 12.4. The van der Waals surface area contributed by atoms with Crippen LogP contribution in [0.25, 0.3) is 0 Å². The minimum atomic E-state index is -0.161. The van der Waals surface area contributed by atoms with Crippen LogP contribution in [0.2, 0.25) is 0 Å². The summed E-state index contributed by atoms with van der Waals surface area (Å²) in [4.78, 5) is 10.4. The second-order valence-corrected chi connectivity index (χ2v) is 3.69. The van der Waals surface area contributed by atoms with Gasteiger partial charge in [0.1, 0.15) is 0 Å². The first-order valence-electron chi connectivity index (χ1n) is 5.55. The third-order valence-corrected chi connectivity index (χ3v) is 2.28. The molecule has 14 heavy (non-hydrogen) atoms. The van der Waals surface area contributed by atoms with E-state index in [0.29, 0.717) is 6.42 Å². The van der Waals surface area contributed by atoms with Gasteiger partial charge in [0.05, 0.1) is 0 Å². The van der Waals surface area contributed by atoms with E-state index in [0.717, 1.165) is 12.8 Å². The predicted octanol–water partition coefficient (Wildman–Crippen LogP) is 3.16. The van der Waals surface area contributed by atoms with Crippen LogP contribution in [0.4, 0.5) is 4.70 Å². The Morgan fingerprint density at radius 1 is 0.929 bits per heavy atom. The maximum absolute atomic E-state index is 10.4. The lowest BCUT2D eigenvalue weighted by molar-refractivity contribution is -0.118. The molecule has 0 bridgehead atoms. The molecule has 0 aromatic heterocycles. The van der Waals surface area contributed by atoms with Gasteiger partial charge in [0, 0.05) is 6.42 Å². The number of hydrogen-bond acceptors (Lipinski definition) is 1. The zero-order valence-electron chi connectivity index (χ0n) is 9.26. The van der Waals surface area contributed by atoms with E-state index in [1.165, 1.54) is 38.5 Å². The third kappa shape index (κ3) is 14.0. The molecule has 0 unspecified atom stereocenters. The van der Waals surface area contributed by atoms with Gasteiger partial charge in [-0.15, -0.1) is 0 Å². The summed E-state index contributed by atoms with van der Waals surface area (Å²) in [6.07, 6.45) is 10.7. The SMILES string of the molecule is CCCCCCCCCCC(N)=O.F. The van der Waals surface area contributed by atoms with Gasteiger partial charge in [-0.3, -0.25) is 9.50 Å². The summed E-state index contributed by atoms with van der Waals surface area (Å²) in [5.41, 5.74) is 5.03. The number of rotatable bonds is 9. The first-order chi connectivity index (χ1) is 6.27. The van der Waals surface area contributed by atoms with E-state index >= 15 is 0 Å². The van der Waals surface area contributed by atoms with Crippen LogP contribution in [-0.2, 0) is 4.79 Å². The summed E-state index contributed by atoms with van der Waals surface area (Å²) in [6.45, 7) is 2.23.